The van der Waals surface area contributed by atoms with Crippen molar-refractivity contribution in [3.8, 4) is 0 Å². The Hall–Kier alpha value is -0.200. The molecular formula is C17H33NO4. The van der Waals surface area contributed by atoms with Crippen LogP contribution in [0.25, 0.3) is 0 Å². The van der Waals surface area contributed by atoms with Gasteiger partial charge in [-0.2, -0.15) is 0 Å². The summed E-state index contributed by atoms with van der Waals surface area (Å²) in [6, 6.07) is 0. The number of ether oxygens (including phenoxy) is 1. The number of hydrogen-bond donors (Lipinski definition) is 3. The Morgan fingerprint density at radius 3 is 2.27 bits per heavy atom. The normalized spacial score (nSPS) is 34.5. The van der Waals surface area contributed by atoms with Crippen LogP contribution in [0.15, 0.2) is 0 Å². The standard InChI is InChI=1S/C17H33NO4/c1-16(2)13-4-5-17(16,3)15(10-13)22-12-14(21)11-18(6-8-19)7-9-20/h13-15,19-21H,4-12H2,1-3H3. The fraction of sp³-hybridized carbons (Fsp3) is 1.00. The van der Waals surface area contributed by atoms with Crippen molar-refractivity contribution in [2.75, 3.05) is 39.5 Å². The molecule has 0 spiro atoms. The first-order valence-electron chi connectivity index (χ1n) is 8.59. The largest absolute Gasteiger partial charge is 0.395 e. The molecule has 0 aliphatic heterocycles. The average molecular weight is 315 g/mol. The molecule has 2 aliphatic rings. The summed E-state index contributed by atoms with van der Waals surface area (Å²) in [6.07, 6.45) is 3.27. The van der Waals surface area contributed by atoms with E-state index in [0.29, 0.717) is 31.7 Å². The summed E-state index contributed by atoms with van der Waals surface area (Å²) in [7, 11) is 0. The summed E-state index contributed by atoms with van der Waals surface area (Å²) >= 11 is 0. The molecule has 2 saturated carbocycles. The van der Waals surface area contributed by atoms with E-state index in [0.717, 1.165) is 12.3 Å². The highest BCUT2D eigenvalue weighted by molar-refractivity contribution is 5.11. The van der Waals surface area contributed by atoms with Crippen LogP contribution in [0, 0.1) is 16.7 Å². The van der Waals surface area contributed by atoms with Crippen molar-refractivity contribution in [3.63, 3.8) is 0 Å². The molecule has 2 aliphatic carbocycles. The van der Waals surface area contributed by atoms with Crippen LogP contribution in [0.3, 0.4) is 0 Å². The van der Waals surface area contributed by atoms with Gasteiger partial charge in [0.1, 0.15) is 0 Å². The maximum atomic E-state index is 10.2. The molecule has 4 unspecified atom stereocenters. The van der Waals surface area contributed by atoms with Gasteiger partial charge >= 0.3 is 0 Å². The minimum absolute atomic E-state index is 0.0319. The number of aliphatic hydroxyl groups excluding tert-OH is 3. The quantitative estimate of drug-likeness (QED) is 0.589. The summed E-state index contributed by atoms with van der Waals surface area (Å²) in [5, 5.41) is 28.2. The predicted molar refractivity (Wildman–Crippen MR) is 85.6 cm³/mol. The maximum absolute atomic E-state index is 10.2. The smallest absolute Gasteiger partial charge is 0.0900 e. The highest BCUT2D eigenvalue weighted by Crippen LogP contribution is 2.66. The van der Waals surface area contributed by atoms with Gasteiger partial charge in [-0.1, -0.05) is 20.8 Å². The minimum atomic E-state index is -0.580. The Balaban J connectivity index is 1.81. The lowest BCUT2D eigenvalue weighted by molar-refractivity contribution is -0.0800. The molecule has 4 atom stereocenters. The third kappa shape index (κ3) is 3.34. The van der Waals surface area contributed by atoms with Gasteiger partial charge in [0.25, 0.3) is 0 Å². The lowest BCUT2D eigenvalue weighted by Gasteiger charge is -2.39. The summed E-state index contributed by atoms with van der Waals surface area (Å²) < 4.78 is 6.09. The molecule has 22 heavy (non-hydrogen) atoms. The zero-order valence-electron chi connectivity index (χ0n) is 14.3. The second-order valence-electron chi connectivity index (χ2n) is 7.83. The molecule has 2 fully saturated rings. The van der Waals surface area contributed by atoms with Gasteiger partial charge < -0.3 is 20.1 Å². The third-order valence-corrected chi connectivity index (χ3v) is 6.51. The van der Waals surface area contributed by atoms with Crippen molar-refractivity contribution in [2.45, 2.75) is 52.2 Å². The van der Waals surface area contributed by atoms with Gasteiger partial charge in [-0.15, -0.1) is 0 Å². The molecule has 2 bridgehead atoms. The van der Waals surface area contributed by atoms with Crippen LogP contribution in [0.1, 0.15) is 40.0 Å². The van der Waals surface area contributed by atoms with Crippen molar-refractivity contribution >= 4 is 0 Å². The predicted octanol–water partition coefficient (Wildman–Crippen LogP) is 0.865. The van der Waals surface area contributed by atoms with Crippen LogP contribution in [0.5, 0.6) is 0 Å². The van der Waals surface area contributed by atoms with Gasteiger partial charge in [-0.3, -0.25) is 4.90 Å². The average Bonchev–Trinajstić information content (AvgIpc) is 2.78. The molecule has 0 heterocycles. The SMILES string of the molecule is CC1(C)C2CCC1(C)C(OCC(O)CN(CCO)CCO)C2. The van der Waals surface area contributed by atoms with Crippen molar-refractivity contribution in [3.05, 3.63) is 0 Å². The van der Waals surface area contributed by atoms with Crippen LogP contribution < -0.4 is 0 Å². The summed E-state index contributed by atoms with van der Waals surface area (Å²) in [4.78, 5) is 1.86. The van der Waals surface area contributed by atoms with Crippen LogP contribution in [0.4, 0.5) is 0 Å². The van der Waals surface area contributed by atoms with E-state index in [1.54, 1.807) is 0 Å². The summed E-state index contributed by atoms with van der Waals surface area (Å²) in [5.74, 6) is 0.736. The van der Waals surface area contributed by atoms with Crippen LogP contribution >= 0.6 is 0 Å². The molecule has 3 N–H and O–H groups in total. The van der Waals surface area contributed by atoms with Crippen molar-refractivity contribution in [1.82, 2.24) is 4.90 Å². The fourth-order valence-corrected chi connectivity index (χ4v) is 4.54. The number of nitrogens with zero attached hydrogens (tertiary/aromatic N) is 1. The number of rotatable bonds is 9. The van der Waals surface area contributed by atoms with E-state index in [1.165, 1.54) is 12.8 Å². The molecule has 0 radical (unpaired) electrons. The maximum Gasteiger partial charge on any atom is 0.0900 e. The van der Waals surface area contributed by atoms with Crippen molar-refractivity contribution in [1.29, 1.82) is 0 Å². The van der Waals surface area contributed by atoms with Crippen molar-refractivity contribution in [2.24, 2.45) is 16.7 Å². The topological polar surface area (TPSA) is 73.2 Å². The molecule has 0 aromatic carbocycles. The molecule has 0 saturated heterocycles. The summed E-state index contributed by atoms with van der Waals surface area (Å²) in [5.41, 5.74) is 0.537. The monoisotopic (exact) mass is 315 g/mol. The van der Waals surface area contributed by atoms with Gasteiger partial charge in [-0.25, -0.2) is 0 Å². The Morgan fingerprint density at radius 1 is 1.18 bits per heavy atom. The van der Waals surface area contributed by atoms with E-state index in [-0.39, 0.29) is 24.7 Å². The zero-order valence-corrected chi connectivity index (χ0v) is 14.3. The highest BCUT2D eigenvalue weighted by Gasteiger charge is 2.61. The molecular weight excluding hydrogens is 282 g/mol. The van der Waals surface area contributed by atoms with Gasteiger partial charge in [-0.05, 0) is 36.0 Å². The second-order valence-corrected chi connectivity index (χ2v) is 7.83. The van der Waals surface area contributed by atoms with E-state index in [9.17, 15) is 5.11 Å². The lowest BCUT2D eigenvalue weighted by atomic mass is 9.70. The van der Waals surface area contributed by atoms with E-state index in [1.807, 2.05) is 4.90 Å². The minimum Gasteiger partial charge on any atom is -0.395 e. The molecule has 0 amide bonds. The van der Waals surface area contributed by atoms with Crippen LogP contribution in [0.2, 0.25) is 0 Å². The molecule has 5 nitrogen and oxygen atoms in total. The number of fused-ring (bicyclic) bond motifs is 2. The Labute approximate surface area is 134 Å². The van der Waals surface area contributed by atoms with Gasteiger partial charge in [0.15, 0.2) is 0 Å². The van der Waals surface area contributed by atoms with E-state index >= 15 is 0 Å². The first kappa shape index (κ1) is 18.1. The Kier molecular flexibility index (Phi) is 5.89. The highest BCUT2D eigenvalue weighted by atomic mass is 16.5. The molecule has 0 aromatic heterocycles. The van der Waals surface area contributed by atoms with Crippen LogP contribution in [-0.2, 0) is 4.74 Å². The summed E-state index contributed by atoms with van der Waals surface area (Å²) in [6.45, 7) is 8.80. The first-order valence-corrected chi connectivity index (χ1v) is 8.59. The van der Waals surface area contributed by atoms with Gasteiger partial charge in [0.05, 0.1) is 32.0 Å². The number of hydrogen-bond acceptors (Lipinski definition) is 5. The second kappa shape index (κ2) is 7.14. The van der Waals surface area contributed by atoms with E-state index in [4.69, 9.17) is 14.9 Å². The Bertz CT molecular complexity index is 357. The fourth-order valence-electron chi connectivity index (χ4n) is 4.54. The van der Waals surface area contributed by atoms with Crippen LogP contribution in [-0.4, -0.2) is 71.9 Å². The molecule has 5 heteroatoms. The lowest BCUT2D eigenvalue weighted by Crippen LogP contribution is -2.41. The molecule has 130 valence electrons. The number of aliphatic hydroxyl groups is 3. The van der Waals surface area contributed by atoms with Gasteiger partial charge in [0.2, 0.25) is 0 Å². The zero-order chi connectivity index (χ0) is 16.4. The first-order chi connectivity index (χ1) is 10.3. The van der Waals surface area contributed by atoms with Gasteiger partial charge in [0, 0.05) is 19.6 Å². The van der Waals surface area contributed by atoms with E-state index < -0.39 is 6.10 Å². The molecule has 2 rings (SSSR count). The third-order valence-electron chi connectivity index (χ3n) is 6.51. The van der Waals surface area contributed by atoms with E-state index in [2.05, 4.69) is 20.8 Å². The van der Waals surface area contributed by atoms with Crippen molar-refractivity contribution < 1.29 is 20.1 Å². The Morgan fingerprint density at radius 2 is 1.82 bits per heavy atom. The molecule has 0 aromatic rings.